The van der Waals surface area contributed by atoms with E-state index in [4.69, 9.17) is 0 Å². The van der Waals surface area contributed by atoms with E-state index in [2.05, 4.69) is 30.3 Å². The summed E-state index contributed by atoms with van der Waals surface area (Å²) in [5.41, 5.74) is 4.89. The van der Waals surface area contributed by atoms with Crippen LogP contribution in [0.15, 0.2) is 48.5 Å². The van der Waals surface area contributed by atoms with Crippen molar-refractivity contribution < 1.29 is 8.42 Å². The van der Waals surface area contributed by atoms with Gasteiger partial charge in [0.05, 0.1) is 12.3 Å². The Kier molecular flexibility index (Phi) is 3.13. The summed E-state index contributed by atoms with van der Waals surface area (Å²) in [7, 11) is -3.15. The fourth-order valence-electron chi connectivity index (χ4n) is 3.95. The average Bonchev–Trinajstić information content (AvgIpc) is 2.79. The molecule has 1 heterocycles. The maximum atomic E-state index is 12.1. The van der Waals surface area contributed by atoms with Crippen molar-refractivity contribution in [1.29, 1.82) is 0 Å². The SMILES string of the molecule is CS(=O)(=O)N1CC[C@@H]2C[C@@H]1c1cc(-c3ccccc3)ccc12. The third-order valence-electron chi connectivity index (χ3n) is 4.97. The molecule has 0 aromatic heterocycles. The van der Waals surface area contributed by atoms with E-state index in [9.17, 15) is 8.42 Å². The second-order valence-corrected chi connectivity index (χ2v) is 8.26. The van der Waals surface area contributed by atoms with Gasteiger partial charge in [0.25, 0.3) is 0 Å². The highest BCUT2D eigenvalue weighted by molar-refractivity contribution is 7.88. The minimum atomic E-state index is -3.15. The lowest BCUT2D eigenvalue weighted by Crippen LogP contribution is -2.36. The Balaban J connectivity index is 1.81. The van der Waals surface area contributed by atoms with E-state index in [0.717, 1.165) is 12.8 Å². The van der Waals surface area contributed by atoms with Crippen LogP contribution in [0.5, 0.6) is 0 Å². The molecule has 1 saturated heterocycles. The van der Waals surface area contributed by atoms with Crippen molar-refractivity contribution in [2.45, 2.75) is 24.8 Å². The van der Waals surface area contributed by atoms with Crippen molar-refractivity contribution in [2.75, 3.05) is 12.8 Å². The number of rotatable bonds is 2. The van der Waals surface area contributed by atoms with Crippen molar-refractivity contribution >= 4 is 10.0 Å². The lowest BCUT2D eigenvalue weighted by molar-refractivity contribution is 0.261. The predicted octanol–water partition coefficient (Wildman–Crippen LogP) is 3.55. The Morgan fingerprint density at radius 2 is 1.77 bits per heavy atom. The number of hydrogen-bond acceptors (Lipinski definition) is 2. The summed E-state index contributed by atoms with van der Waals surface area (Å²) in [5.74, 6) is 0.517. The number of nitrogens with zero attached hydrogens (tertiary/aromatic N) is 1. The monoisotopic (exact) mass is 313 g/mol. The fraction of sp³-hybridized carbons (Fsp3) is 0.333. The molecular formula is C18H19NO2S. The normalized spacial score (nSPS) is 24.2. The zero-order chi connectivity index (χ0) is 15.3. The Morgan fingerprint density at radius 1 is 1.00 bits per heavy atom. The van der Waals surface area contributed by atoms with E-state index < -0.39 is 10.0 Å². The van der Waals surface area contributed by atoms with Crippen molar-refractivity contribution in [2.24, 2.45) is 0 Å². The van der Waals surface area contributed by atoms with Gasteiger partial charge in [0, 0.05) is 6.54 Å². The van der Waals surface area contributed by atoms with Gasteiger partial charge in [-0.1, -0.05) is 42.5 Å². The van der Waals surface area contributed by atoms with Crippen LogP contribution < -0.4 is 0 Å². The minimum absolute atomic E-state index is 0.0208. The van der Waals surface area contributed by atoms with Gasteiger partial charge in [-0.3, -0.25) is 0 Å². The van der Waals surface area contributed by atoms with Crippen molar-refractivity contribution in [3.8, 4) is 11.1 Å². The predicted molar refractivity (Wildman–Crippen MR) is 88.1 cm³/mol. The molecule has 0 saturated carbocycles. The first-order valence-electron chi connectivity index (χ1n) is 7.70. The molecule has 2 aromatic carbocycles. The van der Waals surface area contributed by atoms with Crippen molar-refractivity contribution in [3.05, 3.63) is 59.7 Å². The summed E-state index contributed by atoms with van der Waals surface area (Å²) in [6.07, 6.45) is 3.19. The third-order valence-corrected chi connectivity index (χ3v) is 6.26. The van der Waals surface area contributed by atoms with E-state index in [1.165, 1.54) is 28.5 Å². The van der Waals surface area contributed by atoms with Crippen LogP contribution >= 0.6 is 0 Å². The largest absolute Gasteiger partial charge is 0.212 e. The molecule has 1 aliphatic heterocycles. The molecule has 2 aliphatic rings. The summed E-state index contributed by atoms with van der Waals surface area (Å²) in [4.78, 5) is 0. The second kappa shape index (κ2) is 4.93. The number of hydrogen-bond donors (Lipinski definition) is 0. The molecule has 2 bridgehead atoms. The first kappa shape index (κ1) is 14.0. The Labute approximate surface area is 131 Å². The molecule has 114 valence electrons. The Morgan fingerprint density at radius 3 is 2.50 bits per heavy atom. The van der Waals surface area contributed by atoms with Gasteiger partial charge in [0.1, 0.15) is 0 Å². The average molecular weight is 313 g/mol. The number of fused-ring (bicyclic) bond motifs is 5. The van der Waals surface area contributed by atoms with Gasteiger partial charge in [-0.15, -0.1) is 0 Å². The molecule has 1 fully saturated rings. The van der Waals surface area contributed by atoms with Crippen LogP contribution in [-0.4, -0.2) is 25.5 Å². The molecule has 3 nitrogen and oxygen atoms in total. The molecular weight excluding hydrogens is 294 g/mol. The van der Waals surface area contributed by atoms with E-state index in [1.807, 2.05) is 18.2 Å². The highest BCUT2D eigenvalue weighted by atomic mass is 32.2. The zero-order valence-corrected chi connectivity index (χ0v) is 13.4. The molecule has 2 aromatic rings. The van der Waals surface area contributed by atoms with E-state index in [0.29, 0.717) is 12.5 Å². The van der Waals surface area contributed by atoms with Gasteiger partial charge in [0.15, 0.2) is 0 Å². The molecule has 0 amide bonds. The molecule has 0 N–H and O–H groups in total. The van der Waals surface area contributed by atoms with Crippen LogP contribution in [0.3, 0.4) is 0 Å². The summed E-state index contributed by atoms with van der Waals surface area (Å²) < 4.78 is 25.8. The van der Waals surface area contributed by atoms with Crippen molar-refractivity contribution in [3.63, 3.8) is 0 Å². The molecule has 22 heavy (non-hydrogen) atoms. The molecule has 0 radical (unpaired) electrons. The first-order chi connectivity index (χ1) is 10.5. The molecule has 0 spiro atoms. The van der Waals surface area contributed by atoms with E-state index >= 15 is 0 Å². The lowest BCUT2D eigenvalue weighted by Gasteiger charge is -2.31. The lowest BCUT2D eigenvalue weighted by atomic mass is 9.95. The summed E-state index contributed by atoms with van der Waals surface area (Å²) in [6, 6.07) is 16.8. The van der Waals surface area contributed by atoms with Crippen LogP contribution in [-0.2, 0) is 10.0 Å². The second-order valence-electron chi connectivity index (χ2n) is 6.32. The van der Waals surface area contributed by atoms with Crippen LogP contribution in [0, 0.1) is 0 Å². The quantitative estimate of drug-likeness (QED) is 0.850. The van der Waals surface area contributed by atoms with Crippen LogP contribution in [0.25, 0.3) is 11.1 Å². The molecule has 4 rings (SSSR count). The first-order valence-corrected chi connectivity index (χ1v) is 9.55. The van der Waals surface area contributed by atoms with E-state index in [-0.39, 0.29) is 6.04 Å². The zero-order valence-electron chi connectivity index (χ0n) is 12.6. The van der Waals surface area contributed by atoms with Crippen molar-refractivity contribution in [1.82, 2.24) is 4.31 Å². The standard InChI is InChI=1S/C18H19NO2S/c1-22(20,21)19-10-9-15-12-18(19)17-11-14(7-8-16(15)17)13-5-3-2-4-6-13/h2-8,11,15,18H,9-10,12H2,1H3/t15-,18-/m1/s1. The minimum Gasteiger partial charge on any atom is -0.212 e. The highest BCUT2D eigenvalue weighted by Gasteiger charge is 2.42. The maximum absolute atomic E-state index is 12.1. The molecule has 1 aliphatic carbocycles. The van der Waals surface area contributed by atoms with E-state index in [1.54, 1.807) is 4.31 Å². The summed E-state index contributed by atoms with van der Waals surface area (Å²) in [5, 5.41) is 0. The fourth-order valence-corrected chi connectivity index (χ4v) is 5.05. The smallest absolute Gasteiger partial charge is 0.211 e. The molecule has 0 unspecified atom stereocenters. The van der Waals surface area contributed by atoms with Crippen LogP contribution in [0.4, 0.5) is 0 Å². The Bertz CT molecular complexity index is 814. The highest BCUT2D eigenvalue weighted by Crippen LogP contribution is 2.50. The third kappa shape index (κ3) is 2.18. The van der Waals surface area contributed by atoms with Gasteiger partial charge in [-0.25, -0.2) is 8.42 Å². The summed E-state index contributed by atoms with van der Waals surface area (Å²) in [6.45, 7) is 0.642. The van der Waals surface area contributed by atoms with Gasteiger partial charge in [-0.2, -0.15) is 4.31 Å². The van der Waals surface area contributed by atoms with Gasteiger partial charge in [-0.05, 0) is 47.1 Å². The number of sulfonamides is 1. The summed E-state index contributed by atoms with van der Waals surface area (Å²) >= 11 is 0. The number of benzene rings is 2. The van der Waals surface area contributed by atoms with Crippen LogP contribution in [0.1, 0.15) is 35.9 Å². The van der Waals surface area contributed by atoms with Gasteiger partial charge in [0.2, 0.25) is 10.0 Å². The molecule has 4 heteroatoms. The number of piperidine rings is 1. The maximum Gasteiger partial charge on any atom is 0.211 e. The molecule has 2 atom stereocenters. The van der Waals surface area contributed by atoms with Gasteiger partial charge >= 0.3 is 0 Å². The van der Waals surface area contributed by atoms with Crippen LogP contribution in [0.2, 0.25) is 0 Å². The Hall–Kier alpha value is -1.65. The topological polar surface area (TPSA) is 37.4 Å². The van der Waals surface area contributed by atoms with Gasteiger partial charge < -0.3 is 0 Å².